The number of nitrogens with zero attached hydrogens (tertiary/aromatic N) is 2. The Morgan fingerprint density at radius 1 is 1.22 bits per heavy atom. The lowest BCUT2D eigenvalue weighted by atomic mass is 10.2. The van der Waals surface area contributed by atoms with Gasteiger partial charge < -0.3 is 9.47 Å². The first-order valence-corrected chi connectivity index (χ1v) is 8.84. The summed E-state index contributed by atoms with van der Waals surface area (Å²) in [7, 11) is 0. The Bertz CT molecular complexity index is 919. The Kier molecular flexibility index (Phi) is 5.92. The average molecular weight is 391 g/mol. The summed E-state index contributed by atoms with van der Waals surface area (Å²) >= 11 is 1.26. The molecule has 0 aliphatic heterocycles. The van der Waals surface area contributed by atoms with E-state index in [1.807, 2.05) is 12.1 Å². The van der Waals surface area contributed by atoms with Crippen LogP contribution < -0.4 is 14.8 Å². The van der Waals surface area contributed by atoms with Crippen LogP contribution in [0.15, 0.2) is 48.0 Å². The maximum Gasteiger partial charge on any atom is 0.387 e. The zero-order valence-corrected chi connectivity index (χ0v) is 15.0. The molecule has 1 aromatic carbocycles. The smallest absolute Gasteiger partial charge is 0.387 e. The molecular weight excluding hydrogens is 376 g/mol. The van der Waals surface area contributed by atoms with Crippen LogP contribution in [0.25, 0.3) is 11.4 Å². The number of aromatic nitrogens is 2. The summed E-state index contributed by atoms with van der Waals surface area (Å²) in [5, 5.41) is 4.85. The number of rotatable bonds is 7. The quantitative estimate of drug-likeness (QED) is 0.644. The van der Waals surface area contributed by atoms with Crippen molar-refractivity contribution < 1.29 is 23.0 Å². The van der Waals surface area contributed by atoms with Crippen molar-refractivity contribution in [1.29, 1.82) is 0 Å². The molecule has 0 unspecified atom stereocenters. The number of ether oxygens (including phenoxy) is 2. The van der Waals surface area contributed by atoms with E-state index in [1.165, 1.54) is 29.5 Å². The predicted octanol–water partition coefficient (Wildman–Crippen LogP) is 4.46. The molecule has 0 radical (unpaired) electrons. The lowest BCUT2D eigenvalue weighted by Crippen LogP contribution is -2.12. The van der Waals surface area contributed by atoms with Crippen molar-refractivity contribution in [2.45, 2.75) is 13.5 Å². The Balaban J connectivity index is 1.76. The van der Waals surface area contributed by atoms with E-state index in [9.17, 15) is 13.6 Å². The van der Waals surface area contributed by atoms with Crippen molar-refractivity contribution in [2.24, 2.45) is 0 Å². The molecule has 1 N–H and O–H groups in total. The molecule has 140 valence electrons. The molecule has 0 spiro atoms. The minimum absolute atomic E-state index is 0.0683. The zero-order valence-electron chi connectivity index (χ0n) is 14.2. The van der Waals surface area contributed by atoms with Gasteiger partial charge in [-0.3, -0.25) is 15.1 Å². The molecule has 0 saturated carbocycles. The highest BCUT2D eigenvalue weighted by Crippen LogP contribution is 2.30. The predicted molar refractivity (Wildman–Crippen MR) is 97.5 cm³/mol. The van der Waals surface area contributed by atoms with E-state index >= 15 is 0 Å². The molecule has 0 bridgehead atoms. The standard InChI is InChI=1S/C18H15F2N3O3S/c1-2-25-15-9-11(6-7-14(15)26-17(19)20)16(24)23-18-22-13(10-27-18)12-5-3-4-8-21-12/h3-10,17H,2H2,1H3,(H,22,23,24). The van der Waals surface area contributed by atoms with Crippen LogP contribution in [0.4, 0.5) is 13.9 Å². The number of amides is 1. The van der Waals surface area contributed by atoms with E-state index < -0.39 is 12.5 Å². The number of carbonyl (C=O) groups is 1. The zero-order chi connectivity index (χ0) is 19.2. The van der Waals surface area contributed by atoms with Crippen LogP contribution in [0.5, 0.6) is 11.5 Å². The first-order valence-electron chi connectivity index (χ1n) is 7.96. The Morgan fingerprint density at radius 2 is 2.07 bits per heavy atom. The van der Waals surface area contributed by atoms with E-state index in [4.69, 9.17) is 4.74 Å². The fourth-order valence-corrected chi connectivity index (χ4v) is 2.94. The number of carbonyl (C=O) groups excluding carboxylic acids is 1. The van der Waals surface area contributed by atoms with E-state index in [1.54, 1.807) is 24.6 Å². The van der Waals surface area contributed by atoms with E-state index in [0.717, 1.165) is 0 Å². The van der Waals surface area contributed by atoms with Gasteiger partial charge in [0, 0.05) is 17.1 Å². The van der Waals surface area contributed by atoms with Gasteiger partial charge in [-0.05, 0) is 37.3 Å². The third-order valence-electron chi connectivity index (χ3n) is 3.37. The third kappa shape index (κ3) is 4.76. The molecule has 3 aromatic rings. The molecule has 9 heteroatoms. The van der Waals surface area contributed by atoms with Crippen LogP contribution in [0.1, 0.15) is 17.3 Å². The van der Waals surface area contributed by atoms with Crippen molar-refractivity contribution in [3.8, 4) is 22.9 Å². The third-order valence-corrected chi connectivity index (χ3v) is 4.13. The number of thiazole rings is 1. The van der Waals surface area contributed by atoms with Crippen LogP contribution >= 0.6 is 11.3 Å². The Morgan fingerprint density at radius 3 is 2.78 bits per heavy atom. The van der Waals surface area contributed by atoms with Gasteiger partial charge in [0.05, 0.1) is 12.3 Å². The summed E-state index contributed by atoms with van der Waals surface area (Å²) in [4.78, 5) is 21.0. The number of alkyl halides is 2. The van der Waals surface area contributed by atoms with E-state index in [0.29, 0.717) is 16.5 Å². The van der Waals surface area contributed by atoms with Gasteiger partial charge >= 0.3 is 6.61 Å². The monoisotopic (exact) mass is 391 g/mol. The summed E-state index contributed by atoms with van der Waals surface area (Å²) in [5.41, 5.74) is 1.57. The second-order valence-electron chi connectivity index (χ2n) is 5.18. The largest absolute Gasteiger partial charge is 0.490 e. The molecule has 0 atom stereocenters. The number of pyridine rings is 1. The van der Waals surface area contributed by atoms with Crippen molar-refractivity contribution in [3.05, 3.63) is 53.5 Å². The molecule has 1 amide bonds. The summed E-state index contributed by atoms with van der Waals surface area (Å²) < 4.78 is 34.6. The number of nitrogens with one attached hydrogen (secondary N) is 1. The first-order chi connectivity index (χ1) is 13.1. The summed E-state index contributed by atoms with van der Waals surface area (Å²) in [6.07, 6.45) is 1.66. The maximum absolute atomic E-state index is 12.5. The Hall–Kier alpha value is -3.07. The summed E-state index contributed by atoms with van der Waals surface area (Å²) in [6.45, 7) is -1.04. The second kappa shape index (κ2) is 8.54. The number of halogens is 2. The van der Waals surface area contributed by atoms with Gasteiger partial charge in [-0.15, -0.1) is 11.3 Å². The van der Waals surface area contributed by atoms with Crippen LogP contribution in [0.2, 0.25) is 0 Å². The topological polar surface area (TPSA) is 73.3 Å². The van der Waals surface area contributed by atoms with E-state index in [2.05, 4.69) is 20.0 Å². The van der Waals surface area contributed by atoms with Crippen molar-refractivity contribution in [1.82, 2.24) is 9.97 Å². The van der Waals surface area contributed by atoms with Gasteiger partial charge in [0.25, 0.3) is 5.91 Å². The SMILES string of the molecule is CCOc1cc(C(=O)Nc2nc(-c3ccccn3)cs2)ccc1OC(F)F. The highest BCUT2D eigenvalue weighted by Gasteiger charge is 2.16. The molecule has 0 aliphatic rings. The molecule has 0 fully saturated rings. The van der Waals surface area contributed by atoms with Crippen molar-refractivity contribution in [2.75, 3.05) is 11.9 Å². The van der Waals surface area contributed by atoms with Crippen molar-refractivity contribution in [3.63, 3.8) is 0 Å². The summed E-state index contributed by atoms with van der Waals surface area (Å²) in [5.74, 6) is -0.504. The lowest BCUT2D eigenvalue weighted by molar-refractivity contribution is -0.0514. The fourth-order valence-electron chi connectivity index (χ4n) is 2.24. The minimum Gasteiger partial charge on any atom is -0.490 e. The van der Waals surface area contributed by atoms with E-state index in [-0.39, 0.29) is 23.7 Å². The average Bonchev–Trinajstić information content (AvgIpc) is 3.12. The van der Waals surface area contributed by atoms with Crippen LogP contribution in [-0.4, -0.2) is 29.1 Å². The van der Waals surface area contributed by atoms with Crippen LogP contribution in [0.3, 0.4) is 0 Å². The number of hydrogen-bond donors (Lipinski definition) is 1. The van der Waals surface area contributed by atoms with Crippen LogP contribution in [0, 0.1) is 0 Å². The molecule has 0 aliphatic carbocycles. The fraction of sp³-hybridized carbons (Fsp3) is 0.167. The maximum atomic E-state index is 12.5. The molecule has 6 nitrogen and oxygen atoms in total. The van der Waals surface area contributed by atoms with Gasteiger partial charge in [0.15, 0.2) is 16.6 Å². The van der Waals surface area contributed by atoms with Gasteiger partial charge in [-0.25, -0.2) is 4.98 Å². The molecule has 2 aromatic heterocycles. The minimum atomic E-state index is -2.98. The normalized spacial score (nSPS) is 10.7. The van der Waals surface area contributed by atoms with Crippen LogP contribution in [-0.2, 0) is 0 Å². The van der Waals surface area contributed by atoms with Gasteiger partial charge in [0.2, 0.25) is 0 Å². The molecular formula is C18H15F2N3O3S. The first kappa shape index (κ1) is 18.7. The molecule has 2 heterocycles. The van der Waals surface area contributed by atoms with Gasteiger partial charge in [-0.1, -0.05) is 6.07 Å². The number of anilines is 1. The lowest BCUT2D eigenvalue weighted by Gasteiger charge is -2.12. The second-order valence-corrected chi connectivity index (χ2v) is 6.04. The van der Waals surface area contributed by atoms with Crippen molar-refractivity contribution >= 4 is 22.4 Å². The molecule has 0 saturated heterocycles. The summed E-state index contributed by atoms with van der Waals surface area (Å²) in [6, 6.07) is 9.46. The highest BCUT2D eigenvalue weighted by atomic mass is 32.1. The van der Waals surface area contributed by atoms with Gasteiger partial charge in [-0.2, -0.15) is 8.78 Å². The molecule has 27 heavy (non-hydrogen) atoms. The number of benzene rings is 1. The molecule has 3 rings (SSSR count). The highest BCUT2D eigenvalue weighted by molar-refractivity contribution is 7.14. The number of hydrogen-bond acceptors (Lipinski definition) is 6. The van der Waals surface area contributed by atoms with Gasteiger partial charge in [0.1, 0.15) is 5.69 Å². The Labute approximate surface area is 157 Å².